The average molecular weight is 268 g/mol. The minimum Gasteiger partial charge on any atom is -0.497 e. The van der Waals surface area contributed by atoms with E-state index in [0.29, 0.717) is 5.56 Å². The molecule has 1 N–H and O–H groups in total. The smallest absolute Gasteiger partial charge is 0.336 e. The molecule has 3 heteroatoms. The molecule has 2 aromatic rings. The van der Waals surface area contributed by atoms with Crippen LogP contribution < -0.4 is 4.74 Å². The zero-order valence-corrected chi connectivity index (χ0v) is 11.5. The van der Waals surface area contributed by atoms with Gasteiger partial charge in [-0.2, -0.15) is 0 Å². The first-order valence-corrected chi connectivity index (χ1v) is 6.27. The van der Waals surface area contributed by atoms with Gasteiger partial charge < -0.3 is 9.84 Å². The summed E-state index contributed by atoms with van der Waals surface area (Å²) in [5.74, 6) is -0.118. The third-order valence-electron chi connectivity index (χ3n) is 3.11. The van der Waals surface area contributed by atoms with Crippen LogP contribution in [0.4, 0.5) is 0 Å². The van der Waals surface area contributed by atoms with Gasteiger partial charge in [0.25, 0.3) is 0 Å². The topological polar surface area (TPSA) is 46.5 Å². The maximum atomic E-state index is 11.2. The number of aryl methyl sites for hydroxylation is 1. The number of benzene rings is 2. The molecule has 0 spiro atoms. The molecule has 2 rings (SSSR count). The molecular formula is C17H16O3. The van der Waals surface area contributed by atoms with Crippen LogP contribution in [0.25, 0.3) is 12.2 Å². The summed E-state index contributed by atoms with van der Waals surface area (Å²) >= 11 is 0. The van der Waals surface area contributed by atoms with Crippen LogP contribution >= 0.6 is 0 Å². The van der Waals surface area contributed by atoms with Crippen molar-refractivity contribution in [2.75, 3.05) is 7.11 Å². The maximum Gasteiger partial charge on any atom is 0.336 e. The van der Waals surface area contributed by atoms with Crippen LogP contribution in [0.1, 0.15) is 27.0 Å². The van der Waals surface area contributed by atoms with Gasteiger partial charge in [0.1, 0.15) is 5.75 Å². The molecule has 102 valence electrons. The van der Waals surface area contributed by atoms with Crippen molar-refractivity contribution in [3.05, 3.63) is 64.7 Å². The van der Waals surface area contributed by atoms with Gasteiger partial charge >= 0.3 is 5.97 Å². The fraction of sp³-hybridized carbons (Fsp3) is 0.118. The number of carboxylic acids is 1. The Labute approximate surface area is 118 Å². The molecule has 0 unspecified atom stereocenters. The van der Waals surface area contributed by atoms with Gasteiger partial charge in [0.05, 0.1) is 12.7 Å². The van der Waals surface area contributed by atoms with E-state index in [4.69, 9.17) is 4.74 Å². The highest BCUT2D eigenvalue weighted by molar-refractivity contribution is 5.94. The van der Waals surface area contributed by atoms with Gasteiger partial charge in [0, 0.05) is 0 Å². The molecule has 0 fully saturated rings. The Bertz CT molecular complexity index is 640. The predicted octanol–water partition coefficient (Wildman–Crippen LogP) is 3.87. The van der Waals surface area contributed by atoms with Crippen LogP contribution in [0.3, 0.4) is 0 Å². The molecule has 0 amide bonds. The molecule has 0 aliphatic carbocycles. The van der Waals surface area contributed by atoms with Crippen LogP contribution in [-0.4, -0.2) is 18.2 Å². The first-order valence-electron chi connectivity index (χ1n) is 6.27. The SMILES string of the molecule is COc1ccc(C=Cc2c(C)cccc2C(=O)O)cc1. The van der Waals surface area contributed by atoms with Gasteiger partial charge in [-0.15, -0.1) is 0 Å². The van der Waals surface area contributed by atoms with Gasteiger partial charge in [0.2, 0.25) is 0 Å². The molecule has 20 heavy (non-hydrogen) atoms. The third-order valence-corrected chi connectivity index (χ3v) is 3.11. The van der Waals surface area contributed by atoms with Gasteiger partial charge in [-0.1, -0.05) is 36.4 Å². The second-order valence-corrected chi connectivity index (χ2v) is 4.45. The van der Waals surface area contributed by atoms with Crippen molar-refractivity contribution in [3.8, 4) is 5.75 Å². The highest BCUT2D eigenvalue weighted by Gasteiger charge is 2.09. The van der Waals surface area contributed by atoms with E-state index in [1.54, 1.807) is 19.2 Å². The van der Waals surface area contributed by atoms with E-state index in [-0.39, 0.29) is 0 Å². The van der Waals surface area contributed by atoms with Gasteiger partial charge in [-0.3, -0.25) is 0 Å². The van der Waals surface area contributed by atoms with E-state index in [1.807, 2.05) is 49.4 Å². The summed E-state index contributed by atoms with van der Waals surface area (Å²) in [7, 11) is 1.62. The van der Waals surface area contributed by atoms with Gasteiger partial charge in [0.15, 0.2) is 0 Å². The summed E-state index contributed by atoms with van der Waals surface area (Å²) in [5.41, 5.74) is 2.98. The number of aromatic carboxylic acids is 1. The standard InChI is InChI=1S/C17H16O3/c1-12-4-3-5-16(17(18)19)15(12)11-8-13-6-9-14(20-2)10-7-13/h3-11H,1-2H3,(H,18,19). The molecular weight excluding hydrogens is 252 g/mol. The number of methoxy groups -OCH3 is 1. The lowest BCUT2D eigenvalue weighted by Gasteiger charge is -2.05. The van der Waals surface area contributed by atoms with Crippen molar-refractivity contribution in [2.24, 2.45) is 0 Å². The molecule has 0 aliphatic heterocycles. The minimum absolute atomic E-state index is 0.315. The number of carboxylic acid groups (broad SMARTS) is 1. The van der Waals surface area contributed by atoms with Crippen molar-refractivity contribution in [1.82, 2.24) is 0 Å². The van der Waals surface area contributed by atoms with Crippen molar-refractivity contribution >= 4 is 18.1 Å². The fourth-order valence-electron chi connectivity index (χ4n) is 1.98. The van der Waals surface area contributed by atoms with E-state index >= 15 is 0 Å². The predicted molar refractivity (Wildman–Crippen MR) is 80.1 cm³/mol. The average Bonchev–Trinajstić information content (AvgIpc) is 2.46. The van der Waals surface area contributed by atoms with Crippen LogP contribution in [-0.2, 0) is 0 Å². The Morgan fingerprint density at radius 1 is 1.10 bits per heavy atom. The number of rotatable bonds is 4. The Kier molecular flexibility index (Phi) is 4.20. The molecule has 2 aromatic carbocycles. The Balaban J connectivity index is 2.33. The second-order valence-electron chi connectivity index (χ2n) is 4.45. The van der Waals surface area contributed by atoms with Gasteiger partial charge in [-0.25, -0.2) is 4.79 Å². The zero-order chi connectivity index (χ0) is 14.5. The summed E-state index contributed by atoms with van der Waals surface area (Å²) in [6, 6.07) is 12.9. The largest absolute Gasteiger partial charge is 0.497 e. The van der Waals surface area contributed by atoms with E-state index in [0.717, 1.165) is 22.4 Å². The monoisotopic (exact) mass is 268 g/mol. The second kappa shape index (κ2) is 6.06. The number of hydrogen-bond donors (Lipinski definition) is 1. The third kappa shape index (κ3) is 3.06. The first kappa shape index (κ1) is 13.9. The summed E-state index contributed by atoms with van der Waals surface area (Å²) in [5, 5.41) is 9.21. The molecule has 0 radical (unpaired) electrons. The van der Waals surface area contributed by atoms with Crippen molar-refractivity contribution < 1.29 is 14.6 Å². The highest BCUT2D eigenvalue weighted by atomic mass is 16.5. The van der Waals surface area contributed by atoms with Crippen LogP contribution in [0.15, 0.2) is 42.5 Å². The summed E-state index contributed by atoms with van der Waals surface area (Å²) in [4.78, 5) is 11.2. The van der Waals surface area contributed by atoms with Crippen LogP contribution in [0, 0.1) is 6.92 Å². The summed E-state index contributed by atoms with van der Waals surface area (Å²) in [6.07, 6.45) is 3.73. The minimum atomic E-state index is -0.914. The Morgan fingerprint density at radius 3 is 2.40 bits per heavy atom. The molecule has 0 aliphatic rings. The molecule has 0 saturated carbocycles. The van der Waals surface area contributed by atoms with Crippen molar-refractivity contribution in [2.45, 2.75) is 6.92 Å². The van der Waals surface area contributed by atoms with Crippen LogP contribution in [0.5, 0.6) is 5.75 Å². The van der Waals surface area contributed by atoms with E-state index in [2.05, 4.69) is 0 Å². The first-order chi connectivity index (χ1) is 9.61. The number of carbonyl (C=O) groups is 1. The van der Waals surface area contributed by atoms with E-state index < -0.39 is 5.97 Å². The molecule has 3 nitrogen and oxygen atoms in total. The zero-order valence-electron chi connectivity index (χ0n) is 11.5. The lowest BCUT2D eigenvalue weighted by Crippen LogP contribution is -2.00. The fourth-order valence-corrected chi connectivity index (χ4v) is 1.98. The van der Waals surface area contributed by atoms with Gasteiger partial charge in [-0.05, 0) is 41.8 Å². The van der Waals surface area contributed by atoms with E-state index in [1.165, 1.54) is 0 Å². The molecule has 0 atom stereocenters. The quantitative estimate of drug-likeness (QED) is 0.856. The molecule has 0 aromatic heterocycles. The van der Waals surface area contributed by atoms with Crippen LogP contribution in [0.2, 0.25) is 0 Å². The highest BCUT2D eigenvalue weighted by Crippen LogP contribution is 2.19. The molecule has 0 bridgehead atoms. The van der Waals surface area contributed by atoms with E-state index in [9.17, 15) is 9.90 Å². The van der Waals surface area contributed by atoms with Crippen molar-refractivity contribution in [1.29, 1.82) is 0 Å². The lowest BCUT2D eigenvalue weighted by molar-refractivity contribution is 0.0696. The molecule has 0 saturated heterocycles. The lowest BCUT2D eigenvalue weighted by atomic mass is 10.0. The Morgan fingerprint density at radius 2 is 1.80 bits per heavy atom. The normalized spacial score (nSPS) is 10.7. The number of ether oxygens (including phenoxy) is 1. The maximum absolute atomic E-state index is 11.2. The molecule has 0 heterocycles. The summed E-state index contributed by atoms with van der Waals surface area (Å²) < 4.78 is 5.10. The Hall–Kier alpha value is -2.55. The van der Waals surface area contributed by atoms with Crippen molar-refractivity contribution in [3.63, 3.8) is 0 Å². The summed E-state index contributed by atoms with van der Waals surface area (Å²) in [6.45, 7) is 1.90. The number of hydrogen-bond acceptors (Lipinski definition) is 2.